The number of para-hydroxylation sites is 1. The monoisotopic (exact) mass is 298 g/mol. The van der Waals surface area contributed by atoms with Gasteiger partial charge in [-0.15, -0.1) is 6.58 Å². The average molecular weight is 298 g/mol. The van der Waals surface area contributed by atoms with Gasteiger partial charge in [-0.25, -0.2) is 5.43 Å². The molecule has 0 spiro atoms. The molecular formula is C17H18N2O3. The number of carbonyl (C=O) groups excluding carboxylic acids is 1. The summed E-state index contributed by atoms with van der Waals surface area (Å²) in [5.41, 5.74) is 4.15. The summed E-state index contributed by atoms with van der Waals surface area (Å²) in [5, 5.41) is 14.0. The van der Waals surface area contributed by atoms with Gasteiger partial charge >= 0.3 is 0 Å². The number of phenolic OH excluding ortho intramolecular Hbond substituents is 1. The first kappa shape index (κ1) is 15.6. The third kappa shape index (κ3) is 3.44. The molecule has 114 valence electrons. The maximum Gasteiger partial charge on any atom is 0.274 e. The zero-order valence-corrected chi connectivity index (χ0v) is 12.6. The molecule has 2 rings (SSSR count). The minimum absolute atomic E-state index is 0.135. The van der Waals surface area contributed by atoms with Gasteiger partial charge in [0, 0.05) is 5.56 Å². The van der Waals surface area contributed by atoms with E-state index in [2.05, 4.69) is 17.1 Å². The molecule has 2 N–H and O–H groups in total. The van der Waals surface area contributed by atoms with Crippen molar-refractivity contribution in [2.45, 2.75) is 20.3 Å². The Morgan fingerprint density at radius 1 is 1.45 bits per heavy atom. The van der Waals surface area contributed by atoms with Gasteiger partial charge in [0.1, 0.15) is 17.3 Å². The first-order valence-corrected chi connectivity index (χ1v) is 6.85. The minimum Gasteiger partial charge on any atom is -0.507 e. The molecule has 1 amide bonds. The topological polar surface area (TPSA) is 74.8 Å². The first-order chi connectivity index (χ1) is 10.5. The zero-order valence-electron chi connectivity index (χ0n) is 12.6. The Balaban J connectivity index is 2.10. The van der Waals surface area contributed by atoms with Crippen molar-refractivity contribution in [2.24, 2.45) is 5.10 Å². The Morgan fingerprint density at radius 3 is 2.86 bits per heavy atom. The van der Waals surface area contributed by atoms with Crippen LogP contribution in [-0.2, 0) is 6.42 Å². The van der Waals surface area contributed by atoms with Gasteiger partial charge in [0.2, 0.25) is 0 Å². The molecule has 0 atom stereocenters. The minimum atomic E-state index is -0.354. The second-order valence-electron chi connectivity index (χ2n) is 4.87. The second-order valence-corrected chi connectivity index (χ2v) is 4.87. The Hall–Kier alpha value is -2.82. The number of carbonyl (C=O) groups is 1. The molecule has 22 heavy (non-hydrogen) atoms. The van der Waals surface area contributed by atoms with E-state index in [1.807, 2.05) is 12.1 Å². The summed E-state index contributed by atoms with van der Waals surface area (Å²) >= 11 is 0. The molecule has 0 aliphatic carbocycles. The summed E-state index contributed by atoms with van der Waals surface area (Å²) in [6.45, 7) is 7.14. The smallest absolute Gasteiger partial charge is 0.274 e. The normalized spacial score (nSPS) is 10.8. The SMILES string of the molecule is C=CCc1cccc(C=NNC(=O)c2cc(C)oc2C)c1O. The third-order valence-corrected chi connectivity index (χ3v) is 3.17. The van der Waals surface area contributed by atoms with E-state index in [1.165, 1.54) is 6.21 Å². The molecule has 0 bridgehead atoms. The van der Waals surface area contributed by atoms with Crippen LogP contribution in [0.2, 0.25) is 0 Å². The van der Waals surface area contributed by atoms with Crippen molar-refractivity contribution in [3.8, 4) is 5.75 Å². The molecular weight excluding hydrogens is 280 g/mol. The highest BCUT2D eigenvalue weighted by Gasteiger charge is 2.12. The fourth-order valence-electron chi connectivity index (χ4n) is 2.11. The molecule has 0 fully saturated rings. The van der Waals surface area contributed by atoms with Gasteiger partial charge in [-0.1, -0.05) is 18.2 Å². The van der Waals surface area contributed by atoms with Crippen LogP contribution >= 0.6 is 0 Å². The Bertz CT molecular complexity index is 730. The standard InChI is InChI=1S/C17H18N2O3/c1-4-6-13-7-5-8-14(16(13)20)10-18-19-17(21)15-9-11(2)22-12(15)3/h4-5,7-10,20H,1,6H2,2-3H3,(H,19,21). The molecule has 0 aliphatic rings. The summed E-state index contributed by atoms with van der Waals surface area (Å²) in [4.78, 5) is 12.0. The predicted octanol–water partition coefficient (Wildman–Crippen LogP) is 3.09. The number of aryl methyl sites for hydroxylation is 2. The third-order valence-electron chi connectivity index (χ3n) is 3.17. The summed E-state index contributed by atoms with van der Waals surface area (Å²) in [6.07, 6.45) is 3.68. The quantitative estimate of drug-likeness (QED) is 0.506. The number of hydrogen-bond donors (Lipinski definition) is 2. The number of aromatic hydroxyl groups is 1. The van der Waals surface area contributed by atoms with Crippen molar-refractivity contribution >= 4 is 12.1 Å². The van der Waals surface area contributed by atoms with Crippen LogP contribution in [0.4, 0.5) is 0 Å². The van der Waals surface area contributed by atoms with E-state index in [9.17, 15) is 9.90 Å². The van der Waals surface area contributed by atoms with E-state index >= 15 is 0 Å². The molecule has 2 aromatic rings. The van der Waals surface area contributed by atoms with E-state index in [0.29, 0.717) is 29.1 Å². The largest absolute Gasteiger partial charge is 0.507 e. The number of benzene rings is 1. The van der Waals surface area contributed by atoms with Crippen LogP contribution < -0.4 is 5.43 Å². The van der Waals surface area contributed by atoms with Crippen LogP contribution in [0.3, 0.4) is 0 Å². The van der Waals surface area contributed by atoms with Crippen molar-refractivity contribution in [2.75, 3.05) is 0 Å². The van der Waals surface area contributed by atoms with E-state index in [4.69, 9.17) is 4.42 Å². The first-order valence-electron chi connectivity index (χ1n) is 6.85. The van der Waals surface area contributed by atoms with Crippen LogP contribution in [0.15, 0.2) is 46.4 Å². The van der Waals surface area contributed by atoms with Crippen molar-refractivity contribution in [1.29, 1.82) is 0 Å². The highest BCUT2D eigenvalue weighted by Crippen LogP contribution is 2.21. The number of rotatable bonds is 5. The number of phenols is 1. The number of hydrogen-bond acceptors (Lipinski definition) is 4. The predicted molar refractivity (Wildman–Crippen MR) is 85.3 cm³/mol. The maximum absolute atomic E-state index is 12.0. The van der Waals surface area contributed by atoms with Crippen molar-refractivity contribution in [1.82, 2.24) is 5.43 Å². The molecule has 5 nitrogen and oxygen atoms in total. The fraction of sp³-hybridized carbons (Fsp3) is 0.176. The number of nitrogens with one attached hydrogen (secondary N) is 1. The molecule has 0 radical (unpaired) electrons. The molecule has 1 aromatic carbocycles. The van der Waals surface area contributed by atoms with E-state index in [-0.39, 0.29) is 11.7 Å². The van der Waals surface area contributed by atoms with Gasteiger partial charge in [-0.05, 0) is 38.0 Å². The van der Waals surface area contributed by atoms with Crippen LogP contribution in [0, 0.1) is 13.8 Å². The average Bonchev–Trinajstić information content (AvgIpc) is 2.82. The maximum atomic E-state index is 12.0. The summed E-state index contributed by atoms with van der Waals surface area (Å²) in [5.74, 6) is 0.991. The lowest BCUT2D eigenvalue weighted by atomic mass is 10.1. The van der Waals surface area contributed by atoms with Gasteiger partial charge in [0.15, 0.2) is 0 Å². The van der Waals surface area contributed by atoms with Gasteiger partial charge in [-0.3, -0.25) is 4.79 Å². The van der Waals surface area contributed by atoms with Crippen molar-refractivity contribution < 1.29 is 14.3 Å². The molecule has 0 saturated heterocycles. The van der Waals surface area contributed by atoms with Gasteiger partial charge < -0.3 is 9.52 Å². The Kier molecular flexibility index (Phi) is 4.78. The molecule has 1 heterocycles. The van der Waals surface area contributed by atoms with E-state index in [0.717, 1.165) is 5.56 Å². The summed E-state index contributed by atoms with van der Waals surface area (Å²) < 4.78 is 5.30. The number of amides is 1. The number of nitrogens with zero attached hydrogens (tertiary/aromatic N) is 1. The number of furan rings is 1. The summed E-state index contributed by atoms with van der Waals surface area (Å²) in [6, 6.07) is 6.99. The fourth-order valence-corrected chi connectivity index (χ4v) is 2.11. The molecule has 0 saturated carbocycles. The zero-order chi connectivity index (χ0) is 16.1. The highest BCUT2D eigenvalue weighted by molar-refractivity contribution is 5.96. The number of hydrazone groups is 1. The molecule has 5 heteroatoms. The van der Waals surface area contributed by atoms with Crippen LogP contribution in [0.1, 0.15) is 33.0 Å². The lowest BCUT2D eigenvalue weighted by Crippen LogP contribution is -2.17. The Morgan fingerprint density at radius 2 is 2.23 bits per heavy atom. The van der Waals surface area contributed by atoms with Crippen molar-refractivity contribution in [3.05, 3.63) is 65.1 Å². The number of allylic oxidation sites excluding steroid dienone is 1. The lowest BCUT2D eigenvalue weighted by molar-refractivity contribution is 0.0953. The van der Waals surface area contributed by atoms with E-state index < -0.39 is 0 Å². The van der Waals surface area contributed by atoms with Gasteiger partial charge in [0.25, 0.3) is 5.91 Å². The molecule has 0 aliphatic heterocycles. The van der Waals surface area contributed by atoms with E-state index in [1.54, 1.807) is 32.1 Å². The van der Waals surface area contributed by atoms with Crippen molar-refractivity contribution in [3.63, 3.8) is 0 Å². The summed E-state index contributed by atoms with van der Waals surface area (Å²) in [7, 11) is 0. The van der Waals surface area contributed by atoms with Crippen LogP contribution in [0.5, 0.6) is 5.75 Å². The second kappa shape index (κ2) is 6.76. The van der Waals surface area contributed by atoms with Crippen LogP contribution in [0.25, 0.3) is 0 Å². The molecule has 1 aromatic heterocycles. The van der Waals surface area contributed by atoms with Gasteiger partial charge in [-0.2, -0.15) is 5.10 Å². The van der Waals surface area contributed by atoms with Gasteiger partial charge in [0.05, 0.1) is 11.8 Å². The highest BCUT2D eigenvalue weighted by atomic mass is 16.3. The lowest BCUT2D eigenvalue weighted by Gasteiger charge is -2.04. The Labute approximate surface area is 129 Å². The van der Waals surface area contributed by atoms with Crippen LogP contribution in [-0.4, -0.2) is 17.2 Å². The molecule has 0 unspecified atom stereocenters.